The summed E-state index contributed by atoms with van der Waals surface area (Å²) in [6.07, 6.45) is 1.83. The van der Waals surface area contributed by atoms with Crippen LogP contribution in [0.3, 0.4) is 0 Å². The van der Waals surface area contributed by atoms with Crippen molar-refractivity contribution in [3.63, 3.8) is 0 Å². The second-order valence-electron chi connectivity index (χ2n) is 1.61. The first-order valence-corrected chi connectivity index (χ1v) is 2.61. The number of hydrogen-bond acceptors (Lipinski definition) is 0. The van der Waals surface area contributed by atoms with E-state index in [9.17, 15) is 0 Å². The summed E-state index contributed by atoms with van der Waals surface area (Å²) in [5.74, 6) is 0. The molecule has 0 radical (unpaired) electrons. The standard InChI is InChI=1S/C8H8.Mg.O/c1-2-8-6-4-3-5-7-8;;/h2-7H,1H2;;/q;+2;-2. The van der Waals surface area contributed by atoms with Gasteiger partial charge in [0, 0.05) is 0 Å². The first-order valence-electron chi connectivity index (χ1n) is 2.61. The van der Waals surface area contributed by atoms with E-state index in [0.717, 1.165) is 0 Å². The minimum Gasteiger partial charge on any atom is -2.00 e. The molecular formula is C8H8MgO. The van der Waals surface area contributed by atoms with E-state index in [2.05, 4.69) is 6.58 Å². The molecule has 0 spiro atoms. The molecule has 0 aliphatic heterocycles. The summed E-state index contributed by atoms with van der Waals surface area (Å²) < 4.78 is 0. The van der Waals surface area contributed by atoms with E-state index in [-0.39, 0.29) is 28.5 Å². The molecule has 0 bridgehead atoms. The van der Waals surface area contributed by atoms with E-state index in [4.69, 9.17) is 0 Å². The molecule has 0 saturated heterocycles. The van der Waals surface area contributed by atoms with Crippen LogP contribution in [0.4, 0.5) is 0 Å². The van der Waals surface area contributed by atoms with Crippen molar-refractivity contribution in [1.82, 2.24) is 0 Å². The van der Waals surface area contributed by atoms with Gasteiger partial charge < -0.3 is 5.48 Å². The maximum atomic E-state index is 3.63. The van der Waals surface area contributed by atoms with E-state index < -0.39 is 0 Å². The Kier molecular flexibility index (Phi) is 8.41. The Balaban J connectivity index is 0. The average Bonchev–Trinajstić information content (AvgIpc) is 1.90. The van der Waals surface area contributed by atoms with E-state index in [0.29, 0.717) is 0 Å². The fourth-order valence-electron chi connectivity index (χ4n) is 0.589. The smallest absolute Gasteiger partial charge is 2.00 e. The van der Waals surface area contributed by atoms with Crippen LogP contribution in [-0.2, 0) is 5.48 Å². The zero-order valence-electron chi connectivity index (χ0n) is 5.79. The van der Waals surface area contributed by atoms with Crippen LogP contribution in [0.2, 0.25) is 0 Å². The SMILES string of the molecule is C=Cc1ccccc1.[Mg+2].[O-2]. The van der Waals surface area contributed by atoms with Crippen LogP contribution in [0, 0.1) is 0 Å². The van der Waals surface area contributed by atoms with Gasteiger partial charge in [0.2, 0.25) is 0 Å². The average molecular weight is 144 g/mol. The summed E-state index contributed by atoms with van der Waals surface area (Å²) in [4.78, 5) is 0. The largest absolute Gasteiger partial charge is 2.00 e. The Morgan fingerprint density at radius 2 is 1.60 bits per heavy atom. The van der Waals surface area contributed by atoms with Gasteiger partial charge in [-0.25, -0.2) is 0 Å². The fourth-order valence-corrected chi connectivity index (χ4v) is 0.589. The van der Waals surface area contributed by atoms with E-state index in [1.165, 1.54) is 5.56 Å². The van der Waals surface area contributed by atoms with Crippen LogP contribution in [0.25, 0.3) is 6.08 Å². The normalized spacial score (nSPS) is 6.80. The van der Waals surface area contributed by atoms with Crippen LogP contribution in [0.5, 0.6) is 0 Å². The van der Waals surface area contributed by atoms with Gasteiger partial charge in [-0.05, 0) is 5.56 Å². The predicted molar refractivity (Wildman–Crippen MR) is 43.0 cm³/mol. The molecule has 0 heterocycles. The number of benzene rings is 1. The quantitative estimate of drug-likeness (QED) is 0.538. The molecule has 48 valence electrons. The Labute approximate surface area is 77.2 Å². The van der Waals surface area contributed by atoms with Crippen molar-refractivity contribution in [3.8, 4) is 0 Å². The van der Waals surface area contributed by atoms with Gasteiger partial charge in [0.05, 0.1) is 0 Å². The van der Waals surface area contributed by atoms with Gasteiger partial charge in [-0.15, -0.1) is 0 Å². The molecule has 0 amide bonds. The molecule has 0 fully saturated rings. The topological polar surface area (TPSA) is 28.5 Å². The van der Waals surface area contributed by atoms with Crippen LogP contribution < -0.4 is 0 Å². The van der Waals surface area contributed by atoms with Gasteiger partial charge in [0.15, 0.2) is 0 Å². The van der Waals surface area contributed by atoms with E-state index in [1.807, 2.05) is 36.4 Å². The molecule has 1 aromatic carbocycles. The number of rotatable bonds is 1. The Hall–Kier alpha value is -0.314. The summed E-state index contributed by atoms with van der Waals surface area (Å²) in [6, 6.07) is 10.0. The van der Waals surface area contributed by atoms with Crippen molar-refractivity contribution in [2.24, 2.45) is 0 Å². The Bertz CT molecular complexity index is 172. The molecule has 0 aliphatic rings. The van der Waals surface area contributed by atoms with Gasteiger partial charge in [-0.2, -0.15) is 0 Å². The van der Waals surface area contributed by atoms with Gasteiger partial charge in [0.1, 0.15) is 0 Å². The van der Waals surface area contributed by atoms with Crippen molar-refractivity contribution in [3.05, 3.63) is 42.5 Å². The molecule has 0 atom stereocenters. The number of hydrogen-bond donors (Lipinski definition) is 0. The molecule has 0 unspecified atom stereocenters. The zero-order chi connectivity index (χ0) is 5.82. The summed E-state index contributed by atoms with van der Waals surface area (Å²) in [6.45, 7) is 3.63. The second kappa shape index (κ2) is 6.80. The van der Waals surface area contributed by atoms with Crippen LogP contribution >= 0.6 is 0 Å². The third-order valence-corrected chi connectivity index (χ3v) is 1.04. The first-order chi connectivity index (χ1) is 3.93. The van der Waals surface area contributed by atoms with Gasteiger partial charge in [-0.3, -0.25) is 0 Å². The summed E-state index contributed by atoms with van der Waals surface area (Å²) in [5, 5.41) is 0. The molecule has 2 heteroatoms. The summed E-state index contributed by atoms with van der Waals surface area (Å²) in [7, 11) is 0. The van der Waals surface area contributed by atoms with Crippen molar-refractivity contribution in [2.45, 2.75) is 0 Å². The third kappa shape index (κ3) is 3.66. The molecule has 0 saturated carbocycles. The minimum atomic E-state index is 0. The first kappa shape index (κ1) is 12.4. The summed E-state index contributed by atoms with van der Waals surface area (Å²) in [5.41, 5.74) is 1.17. The molecule has 1 nitrogen and oxygen atoms in total. The molecule has 0 aromatic heterocycles. The monoisotopic (exact) mass is 144 g/mol. The molecular weight excluding hydrogens is 136 g/mol. The van der Waals surface area contributed by atoms with Crippen LogP contribution in [0.1, 0.15) is 5.56 Å². The van der Waals surface area contributed by atoms with Crippen LogP contribution in [0.15, 0.2) is 36.9 Å². The van der Waals surface area contributed by atoms with Crippen molar-refractivity contribution >= 4 is 29.1 Å². The third-order valence-electron chi connectivity index (χ3n) is 1.04. The van der Waals surface area contributed by atoms with Crippen molar-refractivity contribution in [2.75, 3.05) is 0 Å². The minimum absolute atomic E-state index is 0. The molecule has 0 aliphatic carbocycles. The molecule has 1 aromatic rings. The fraction of sp³-hybridized carbons (Fsp3) is 0. The Morgan fingerprint density at radius 3 is 1.90 bits per heavy atom. The molecule has 1 rings (SSSR count). The van der Waals surface area contributed by atoms with E-state index in [1.54, 1.807) is 0 Å². The van der Waals surface area contributed by atoms with Crippen molar-refractivity contribution < 1.29 is 5.48 Å². The summed E-state index contributed by atoms with van der Waals surface area (Å²) >= 11 is 0. The van der Waals surface area contributed by atoms with Crippen molar-refractivity contribution in [1.29, 1.82) is 0 Å². The zero-order valence-corrected chi connectivity index (χ0v) is 7.20. The van der Waals surface area contributed by atoms with E-state index >= 15 is 0 Å². The van der Waals surface area contributed by atoms with Gasteiger partial charge >= 0.3 is 23.1 Å². The maximum absolute atomic E-state index is 3.63. The predicted octanol–water partition coefficient (Wildman–Crippen LogP) is 1.83. The Morgan fingerprint density at radius 1 is 1.10 bits per heavy atom. The van der Waals surface area contributed by atoms with Gasteiger partial charge in [0.25, 0.3) is 0 Å². The molecule has 10 heavy (non-hydrogen) atoms. The second-order valence-corrected chi connectivity index (χ2v) is 1.61. The van der Waals surface area contributed by atoms with Gasteiger partial charge in [-0.1, -0.05) is 43.0 Å². The molecule has 0 N–H and O–H groups in total. The van der Waals surface area contributed by atoms with Crippen LogP contribution in [-0.4, -0.2) is 23.1 Å². The maximum Gasteiger partial charge on any atom is 2.00 e.